The molecule has 166 valence electrons. The summed E-state index contributed by atoms with van der Waals surface area (Å²) in [7, 11) is -3.78. The van der Waals surface area contributed by atoms with E-state index in [1.807, 2.05) is 42.5 Å². The standard InChI is InChI=1S/C23H24N4O4S/c28-27(29)22-17-19(32(30,31)26-15-7-2-8-16-26)12-13-20(22)25-23(18-9-3-1-4-10-18)21-11-5-6-14-24-21/h1,3-6,9-14,17,23,25H,2,7-8,15-16H2. The number of anilines is 1. The minimum Gasteiger partial charge on any atom is -0.367 e. The predicted octanol–water partition coefficient (Wildman–Crippen LogP) is 4.37. The number of piperidine rings is 1. The van der Waals surface area contributed by atoms with Gasteiger partial charge >= 0.3 is 0 Å². The summed E-state index contributed by atoms with van der Waals surface area (Å²) in [6.07, 6.45) is 4.24. The van der Waals surface area contributed by atoms with Crippen LogP contribution in [0, 0.1) is 10.1 Å². The van der Waals surface area contributed by atoms with Gasteiger partial charge in [-0.2, -0.15) is 4.31 Å². The minimum atomic E-state index is -3.78. The summed E-state index contributed by atoms with van der Waals surface area (Å²) in [6, 6.07) is 18.6. The summed E-state index contributed by atoms with van der Waals surface area (Å²) < 4.78 is 27.4. The van der Waals surface area contributed by atoms with Gasteiger partial charge in [0.2, 0.25) is 10.0 Å². The first kappa shape index (κ1) is 21.9. The van der Waals surface area contributed by atoms with E-state index in [9.17, 15) is 18.5 Å². The maximum Gasteiger partial charge on any atom is 0.293 e. The van der Waals surface area contributed by atoms with Crippen LogP contribution in [0.1, 0.15) is 36.6 Å². The molecule has 0 saturated carbocycles. The molecular formula is C23H24N4O4S. The van der Waals surface area contributed by atoms with Gasteiger partial charge in [-0.3, -0.25) is 15.1 Å². The van der Waals surface area contributed by atoms with Gasteiger partial charge < -0.3 is 5.32 Å². The molecule has 1 unspecified atom stereocenters. The van der Waals surface area contributed by atoms with Crippen molar-refractivity contribution in [3.05, 3.63) is 94.3 Å². The highest BCUT2D eigenvalue weighted by Gasteiger charge is 2.29. The molecule has 0 aliphatic carbocycles. The third-order valence-electron chi connectivity index (χ3n) is 5.53. The van der Waals surface area contributed by atoms with Gasteiger partial charge in [-0.15, -0.1) is 0 Å². The average Bonchev–Trinajstić information content (AvgIpc) is 2.84. The lowest BCUT2D eigenvalue weighted by Crippen LogP contribution is -2.35. The SMILES string of the molecule is O=[N+]([O-])c1cc(S(=O)(=O)N2CCCCC2)ccc1NC(c1ccccc1)c1ccccn1. The van der Waals surface area contributed by atoms with E-state index in [1.54, 1.807) is 12.3 Å². The number of sulfonamides is 1. The zero-order valence-electron chi connectivity index (χ0n) is 17.4. The molecule has 1 aromatic heterocycles. The number of pyridine rings is 1. The first-order valence-electron chi connectivity index (χ1n) is 10.5. The van der Waals surface area contributed by atoms with Crippen molar-refractivity contribution in [2.45, 2.75) is 30.2 Å². The maximum absolute atomic E-state index is 13.0. The number of benzene rings is 2. The third kappa shape index (κ3) is 4.63. The van der Waals surface area contributed by atoms with Gasteiger partial charge in [0.05, 0.1) is 21.6 Å². The van der Waals surface area contributed by atoms with Gasteiger partial charge in [-0.05, 0) is 42.7 Å². The van der Waals surface area contributed by atoms with Crippen molar-refractivity contribution in [1.82, 2.24) is 9.29 Å². The lowest BCUT2D eigenvalue weighted by atomic mass is 10.0. The van der Waals surface area contributed by atoms with E-state index in [2.05, 4.69) is 10.3 Å². The quantitative estimate of drug-likeness (QED) is 0.422. The fraction of sp³-hybridized carbons (Fsp3) is 0.261. The molecule has 1 aliphatic rings. The van der Waals surface area contributed by atoms with Gasteiger partial charge in [-0.1, -0.05) is 42.8 Å². The van der Waals surface area contributed by atoms with E-state index in [0.29, 0.717) is 18.8 Å². The molecule has 32 heavy (non-hydrogen) atoms. The van der Waals surface area contributed by atoms with Crippen molar-refractivity contribution in [2.75, 3.05) is 18.4 Å². The number of nitro groups is 1. The van der Waals surface area contributed by atoms with Crippen LogP contribution in [0.15, 0.2) is 77.8 Å². The van der Waals surface area contributed by atoms with Crippen LogP contribution >= 0.6 is 0 Å². The summed E-state index contributed by atoms with van der Waals surface area (Å²) in [5.41, 5.74) is 1.51. The lowest BCUT2D eigenvalue weighted by molar-refractivity contribution is -0.384. The fourth-order valence-corrected chi connectivity index (χ4v) is 5.41. The van der Waals surface area contributed by atoms with Crippen LogP contribution in [-0.4, -0.2) is 35.7 Å². The van der Waals surface area contributed by atoms with E-state index in [1.165, 1.54) is 16.4 Å². The van der Waals surface area contributed by atoms with Gasteiger partial charge in [0.1, 0.15) is 5.69 Å². The first-order chi connectivity index (χ1) is 15.5. The molecule has 2 aromatic carbocycles. The molecule has 1 saturated heterocycles. The van der Waals surface area contributed by atoms with E-state index in [-0.39, 0.29) is 16.3 Å². The van der Waals surface area contributed by atoms with Gasteiger partial charge in [0, 0.05) is 25.4 Å². The molecule has 1 fully saturated rings. The van der Waals surface area contributed by atoms with Crippen LogP contribution < -0.4 is 5.32 Å². The molecule has 1 aliphatic heterocycles. The normalized spacial score (nSPS) is 15.8. The van der Waals surface area contributed by atoms with Crippen molar-refractivity contribution in [2.24, 2.45) is 0 Å². The van der Waals surface area contributed by atoms with Crippen molar-refractivity contribution >= 4 is 21.4 Å². The van der Waals surface area contributed by atoms with Crippen molar-refractivity contribution in [1.29, 1.82) is 0 Å². The Morgan fingerprint density at radius 2 is 1.69 bits per heavy atom. The van der Waals surface area contributed by atoms with E-state index in [0.717, 1.165) is 30.9 Å². The van der Waals surface area contributed by atoms with Crippen molar-refractivity contribution in [3.63, 3.8) is 0 Å². The smallest absolute Gasteiger partial charge is 0.293 e. The average molecular weight is 453 g/mol. The maximum atomic E-state index is 13.0. The zero-order valence-corrected chi connectivity index (χ0v) is 18.2. The molecule has 4 rings (SSSR count). The van der Waals surface area contributed by atoms with Crippen LogP contribution in [0.3, 0.4) is 0 Å². The highest BCUT2D eigenvalue weighted by Crippen LogP contribution is 2.34. The number of nitro benzene ring substituents is 1. The predicted molar refractivity (Wildman–Crippen MR) is 122 cm³/mol. The first-order valence-corrected chi connectivity index (χ1v) is 11.9. The lowest BCUT2D eigenvalue weighted by Gasteiger charge is -2.26. The number of hydrogen-bond acceptors (Lipinski definition) is 6. The molecule has 0 bridgehead atoms. The highest BCUT2D eigenvalue weighted by atomic mass is 32.2. The van der Waals surface area contributed by atoms with Crippen LogP contribution in [0.2, 0.25) is 0 Å². The summed E-state index contributed by atoms with van der Waals surface area (Å²) in [4.78, 5) is 15.7. The Morgan fingerprint density at radius 1 is 0.969 bits per heavy atom. The molecule has 9 heteroatoms. The number of nitrogens with one attached hydrogen (secondary N) is 1. The molecule has 0 radical (unpaired) electrons. The van der Waals surface area contributed by atoms with Crippen LogP contribution in [-0.2, 0) is 10.0 Å². The number of aromatic nitrogens is 1. The second-order valence-electron chi connectivity index (χ2n) is 7.64. The van der Waals surface area contributed by atoms with Crippen molar-refractivity contribution < 1.29 is 13.3 Å². The summed E-state index contributed by atoms with van der Waals surface area (Å²) in [5, 5.41) is 15.1. The molecule has 3 aromatic rings. The van der Waals surface area contributed by atoms with Crippen LogP contribution in [0.5, 0.6) is 0 Å². The fourth-order valence-electron chi connectivity index (χ4n) is 3.88. The number of rotatable bonds is 7. The van der Waals surface area contributed by atoms with Gasteiger partial charge in [-0.25, -0.2) is 8.42 Å². The Kier molecular flexibility index (Phi) is 6.48. The Bertz CT molecular complexity index is 1140. The van der Waals surface area contributed by atoms with E-state index in [4.69, 9.17) is 0 Å². The minimum absolute atomic E-state index is 0.0641. The monoisotopic (exact) mass is 452 g/mol. The van der Waals surface area contributed by atoms with Crippen LogP contribution in [0.25, 0.3) is 0 Å². The third-order valence-corrected chi connectivity index (χ3v) is 7.43. The van der Waals surface area contributed by atoms with E-state index < -0.39 is 21.0 Å². The summed E-state index contributed by atoms with van der Waals surface area (Å²) in [6.45, 7) is 0.873. The Balaban J connectivity index is 1.72. The second-order valence-corrected chi connectivity index (χ2v) is 9.58. The summed E-state index contributed by atoms with van der Waals surface area (Å²) in [5.74, 6) is 0. The molecule has 0 amide bonds. The number of hydrogen-bond donors (Lipinski definition) is 1. The largest absolute Gasteiger partial charge is 0.367 e. The van der Waals surface area contributed by atoms with Crippen molar-refractivity contribution in [3.8, 4) is 0 Å². The molecular weight excluding hydrogens is 428 g/mol. The van der Waals surface area contributed by atoms with Gasteiger partial charge in [0.25, 0.3) is 5.69 Å². The van der Waals surface area contributed by atoms with Crippen LogP contribution in [0.4, 0.5) is 11.4 Å². The molecule has 1 atom stereocenters. The second kappa shape index (κ2) is 9.46. The zero-order chi connectivity index (χ0) is 22.6. The Labute approximate surface area is 187 Å². The highest BCUT2D eigenvalue weighted by molar-refractivity contribution is 7.89. The Hall–Kier alpha value is -3.30. The molecule has 0 spiro atoms. The summed E-state index contributed by atoms with van der Waals surface area (Å²) >= 11 is 0. The molecule has 8 nitrogen and oxygen atoms in total. The number of nitrogens with zero attached hydrogens (tertiary/aromatic N) is 3. The topological polar surface area (TPSA) is 105 Å². The van der Waals surface area contributed by atoms with Gasteiger partial charge in [0.15, 0.2) is 0 Å². The molecule has 1 N–H and O–H groups in total. The van der Waals surface area contributed by atoms with E-state index >= 15 is 0 Å². The Morgan fingerprint density at radius 3 is 2.34 bits per heavy atom. The molecule has 2 heterocycles.